The summed E-state index contributed by atoms with van der Waals surface area (Å²) in [5.41, 5.74) is 0.905. The van der Waals surface area contributed by atoms with Crippen LogP contribution in [0.2, 0.25) is 0 Å². The van der Waals surface area contributed by atoms with Crippen LogP contribution in [0.15, 0.2) is 60.7 Å². The Hall–Kier alpha value is -1.58. The number of benzene rings is 2. The molecule has 0 aliphatic heterocycles. The van der Waals surface area contributed by atoms with Crippen molar-refractivity contribution < 1.29 is 17.4 Å². The van der Waals surface area contributed by atoms with Gasteiger partial charge in [-0.1, -0.05) is 60.7 Å². The summed E-state index contributed by atoms with van der Waals surface area (Å²) in [6.07, 6.45) is -1.15. The van der Waals surface area contributed by atoms with E-state index >= 15 is 0 Å². The molecule has 107 valence electrons. The molecule has 2 aromatic rings. The molecule has 2 rings (SSSR count). The Morgan fingerprint density at radius 3 is 1.90 bits per heavy atom. The van der Waals surface area contributed by atoms with Gasteiger partial charge >= 0.3 is 21.2 Å². The van der Waals surface area contributed by atoms with Crippen molar-refractivity contribution in [1.29, 1.82) is 0 Å². The van der Waals surface area contributed by atoms with Crippen molar-refractivity contribution in [3.8, 4) is 0 Å². The van der Waals surface area contributed by atoms with Gasteiger partial charge in [0.2, 0.25) is 0 Å². The third-order valence-electron chi connectivity index (χ3n) is 2.57. The second-order valence-corrected chi connectivity index (χ2v) is 4.42. The summed E-state index contributed by atoms with van der Waals surface area (Å²) in [5.74, 6) is -0.393. The quantitative estimate of drug-likeness (QED) is 0.483. The van der Waals surface area contributed by atoms with Crippen molar-refractivity contribution in [2.75, 3.05) is 0 Å². The molecule has 0 N–H and O–H groups in total. The van der Waals surface area contributed by atoms with Crippen LogP contribution < -0.4 is 0 Å². The average Bonchev–Trinajstić information content (AvgIpc) is 2.55. The van der Waals surface area contributed by atoms with Gasteiger partial charge in [0.05, 0.1) is 11.0 Å². The van der Waals surface area contributed by atoms with Crippen LogP contribution in [0.25, 0.3) is 0 Å². The van der Waals surface area contributed by atoms with Crippen molar-refractivity contribution in [1.82, 2.24) is 0 Å². The maximum absolute atomic E-state index is 12.3. The van der Waals surface area contributed by atoms with Gasteiger partial charge in [-0.05, 0) is 5.56 Å². The average molecular weight is 316 g/mol. The minimum absolute atomic E-state index is 0.393. The van der Waals surface area contributed by atoms with Crippen LogP contribution in [0, 0.1) is 0 Å². The monoisotopic (exact) mass is 316 g/mol. The van der Waals surface area contributed by atoms with Gasteiger partial charge in [-0.3, -0.25) is 4.79 Å². The zero-order valence-electron chi connectivity index (χ0n) is 11.2. The zero-order valence-corrected chi connectivity index (χ0v) is 13.1. The van der Waals surface area contributed by atoms with Crippen LogP contribution in [0.5, 0.6) is 0 Å². The van der Waals surface area contributed by atoms with Gasteiger partial charge in [-0.2, -0.15) is 0 Å². The normalized spacial score (nSPS) is 11.2. The second kappa shape index (κ2) is 9.38. The fourth-order valence-electron chi connectivity index (χ4n) is 1.71. The molecule has 0 heterocycles. The summed E-state index contributed by atoms with van der Waals surface area (Å²) in [6.45, 7) is 0. The third kappa shape index (κ3) is 5.37. The molecule has 1 unspecified atom stereocenters. The third-order valence-corrected chi connectivity index (χ3v) is 2.92. The van der Waals surface area contributed by atoms with Crippen LogP contribution in [0.3, 0.4) is 0 Å². The van der Waals surface area contributed by atoms with Crippen molar-refractivity contribution in [3.05, 3.63) is 71.8 Å². The summed E-state index contributed by atoms with van der Waals surface area (Å²) in [7, 11) is -2.76. The first-order valence-electron chi connectivity index (χ1n) is 6.00. The van der Waals surface area contributed by atoms with Crippen LogP contribution in [0.4, 0.5) is 0 Å². The van der Waals surface area contributed by atoms with E-state index in [0.717, 1.165) is 0 Å². The molecule has 0 fully saturated rings. The van der Waals surface area contributed by atoms with E-state index in [4.69, 9.17) is 4.18 Å². The van der Waals surface area contributed by atoms with E-state index in [-0.39, 0.29) is 0 Å². The Labute approximate surface area is 133 Å². The molecule has 6 heteroatoms. The fourth-order valence-corrected chi connectivity index (χ4v) is 2.07. The Kier molecular flexibility index (Phi) is 7.80. The van der Waals surface area contributed by atoms with Gasteiger partial charge in [0, 0.05) is 5.56 Å². The molecule has 21 heavy (non-hydrogen) atoms. The predicted octanol–water partition coefficient (Wildman–Crippen LogP) is 2.44. The molecule has 0 amide bonds. The Bertz CT molecular complexity index is 633. The first-order valence-corrected chi connectivity index (χ1v) is 7.81. The molecule has 0 aliphatic rings. The van der Waals surface area contributed by atoms with Crippen LogP contribution in [0.1, 0.15) is 22.0 Å². The summed E-state index contributed by atoms with van der Waals surface area (Å²) >= 11 is 2.17. The molecule has 0 bridgehead atoms. The zero-order chi connectivity index (χ0) is 15.7. The number of carbonyl (C=O) groups excluding carboxylic acids is 1. The van der Waals surface area contributed by atoms with E-state index in [0.29, 0.717) is 11.1 Å². The molecule has 4 nitrogen and oxygen atoms in total. The number of Topliss-reactive ketones (excluding diaryl/α,β-unsaturated/α-hetero) is 1. The SMILES string of the molecule is O=C(c1ccccc1)C(O[S-](=O)=O)c1ccccc1.[CH2]=[Al]. The van der Waals surface area contributed by atoms with E-state index in [2.05, 4.69) is 21.2 Å². The summed E-state index contributed by atoms with van der Waals surface area (Å²) < 4.78 is 26.2. The van der Waals surface area contributed by atoms with E-state index in [9.17, 15) is 13.2 Å². The molecule has 0 aromatic heterocycles. The van der Waals surface area contributed by atoms with Gasteiger partial charge < -0.3 is 12.6 Å². The number of ketones is 1. The van der Waals surface area contributed by atoms with Crippen LogP contribution >= 0.6 is 0 Å². The van der Waals surface area contributed by atoms with Gasteiger partial charge in [-0.15, -0.1) is 0 Å². The minimum atomic E-state index is -2.76. The first kappa shape index (κ1) is 17.5. The molecular weight excluding hydrogens is 303 g/mol. The first-order chi connectivity index (χ1) is 10.2. The van der Waals surface area contributed by atoms with E-state index in [1.807, 2.05) is 0 Å². The Balaban J connectivity index is 0.00000106. The van der Waals surface area contributed by atoms with Crippen LogP contribution in [-0.4, -0.2) is 27.0 Å². The molecule has 1 radical (unpaired) electrons. The number of carbonyl (C=O) groups is 1. The molecular formula is C15H13AlO4S-. The maximum atomic E-state index is 12.3. The number of hydrogen-bond donors (Lipinski definition) is 0. The van der Waals surface area contributed by atoms with Crippen molar-refractivity contribution >= 4 is 38.0 Å². The molecule has 2 aromatic carbocycles. The fraction of sp³-hybridized carbons (Fsp3) is 0.0667. The van der Waals surface area contributed by atoms with Gasteiger partial charge in [0.15, 0.2) is 5.78 Å². The molecule has 0 saturated carbocycles. The predicted molar refractivity (Wildman–Crippen MR) is 82.7 cm³/mol. The molecule has 0 aliphatic carbocycles. The van der Waals surface area contributed by atoms with Crippen molar-refractivity contribution in [3.63, 3.8) is 0 Å². The van der Waals surface area contributed by atoms with Crippen LogP contribution in [-0.2, 0) is 23.6 Å². The summed E-state index contributed by atoms with van der Waals surface area (Å²) in [5, 5.41) is 3.17. The van der Waals surface area contributed by atoms with Crippen molar-refractivity contribution in [2.45, 2.75) is 6.10 Å². The van der Waals surface area contributed by atoms with E-state index in [1.54, 1.807) is 60.7 Å². The van der Waals surface area contributed by atoms with Gasteiger partial charge in [-0.25, -0.2) is 0 Å². The van der Waals surface area contributed by atoms with Gasteiger partial charge in [0.25, 0.3) is 0 Å². The molecule has 0 spiro atoms. The van der Waals surface area contributed by atoms with E-state index in [1.165, 1.54) is 0 Å². The summed E-state index contributed by atoms with van der Waals surface area (Å²) in [6, 6.07) is 17.0. The molecule has 0 saturated heterocycles. The van der Waals surface area contributed by atoms with Gasteiger partial charge in [0.1, 0.15) is 6.10 Å². The standard InChI is InChI=1S/C14H11O4S.CH2.Al/c15-13(11-7-3-1-4-8-11)14(18-19(16)17)12-9-5-2-6-10-12;;/h1-10,14H;1H2;/q-1;;. The molecule has 1 atom stereocenters. The second-order valence-electron chi connectivity index (χ2n) is 3.82. The Morgan fingerprint density at radius 1 is 0.952 bits per heavy atom. The summed E-state index contributed by atoms with van der Waals surface area (Å²) in [4.78, 5) is 12.3. The number of hydrogen-bond acceptors (Lipinski definition) is 5. The topological polar surface area (TPSA) is 60.4 Å². The van der Waals surface area contributed by atoms with Crippen molar-refractivity contribution in [2.24, 2.45) is 0 Å². The Morgan fingerprint density at radius 2 is 1.43 bits per heavy atom. The van der Waals surface area contributed by atoms with E-state index < -0.39 is 22.9 Å². The number of rotatable bonds is 5.